The van der Waals surface area contributed by atoms with Gasteiger partial charge >= 0.3 is 0 Å². The SMILES string of the molecule is COc1cccc(CCNc2cc(Nc3cccc(OC)c3)nc(C)n2)c1. The summed E-state index contributed by atoms with van der Waals surface area (Å²) < 4.78 is 10.5. The van der Waals surface area contributed by atoms with Gasteiger partial charge in [-0.05, 0) is 43.2 Å². The third-order valence-electron chi connectivity index (χ3n) is 4.03. The molecule has 0 unspecified atom stereocenters. The number of nitrogens with one attached hydrogen (secondary N) is 2. The molecule has 3 rings (SSSR count). The van der Waals surface area contributed by atoms with Crippen molar-refractivity contribution in [1.29, 1.82) is 0 Å². The number of ether oxygens (including phenoxy) is 2. The molecule has 1 aromatic heterocycles. The van der Waals surface area contributed by atoms with Gasteiger partial charge in [0.05, 0.1) is 14.2 Å². The van der Waals surface area contributed by atoms with E-state index < -0.39 is 0 Å². The summed E-state index contributed by atoms with van der Waals surface area (Å²) in [5.74, 6) is 3.89. The van der Waals surface area contributed by atoms with E-state index in [0.29, 0.717) is 5.82 Å². The second-order valence-electron chi connectivity index (χ2n) is 6.07. The van der Waals surface area contributed by atoms with Crippen LogP contribution in [0.4, 0.5) is 17.3 Å². The number of rotatable bonds is 8. The second-order valence-corrected chi connectivity index (χ2v) is 6.07. The van der Waals surface area contributed by atoms with Crippen LogP contribution in [0.2, 0.25) is 0 Å². The Kier molecular flexibility index (Phi) is 6.10. The Bertz CT molecular complexity index is 899. The molecule has 140 valence electrons. The van der Waals surface area contributed by atoms with E-state index in [1.54, 1.807) is 14.2 Å². The molecule has 3 aromatic rings. The lowest BCUT2D eigenvalue weighted by molar-refractivity contribution is 0.414. The summed E-state index contributed by atoms with van der Waals surface area (Å²) in [5.41, 5.74) is 2.12. The highest BCUT2D eigenvalue weighted by Crippen LogP contribution is 2.21. The molecule has 0 bridgehead atoms. The maximum Gasteiger partial charge on any atom is 0.136 e. The van der Waals surface area contributed by atoms with Crippen molar-refractivity contribution in [3.63, 3.8) is 0 Å². The van der Waals surface area contributed by atoms with Crippen molar-refractivity contribution in [2.45, 2.75) is 13.3 Å². The zero-order valence-corrected chi connectivity index (χ0v) is 15.8. The number of aryl methyl sites for hydroxylation is 1. The van der Waals surface area contributed by atoms with Gasteiger partial charge in [-0.2, -0.15) is 0 Å². The average molecular weight is 364 g/mol. The summed E-state index contributed by atoms with van der Waals surface area (Å²) in [6.45, 7) is 2.65. The fourth-order valence-corrected chi connectivity index (χ4v) is 2.73. The highest BCUT2D eigenvalue weighted by Gasteiger charge is 2.04. The monoisotopic (exact) mass is 364 g/mol. The molecule has 0 aliphatic carbocycles. The van der Waals surface area contributed by atoms with Crippen LogP contribution in [0, 0.1) is 6.92 Å². The van der Waals surface area contributed by atoms with Gasteiger partial charge < -0.3 is 20.1 Å². The minimum Gasteiger partial charge on any atom is -0.497 e. The first-order valence-corrected chi connectivity index (χ1v) is 8.80. The van der Waals surface area contributed by atoms with Gasteiger partial charge in [0, 0.05) is 24.4 Å². The van der Waals surface area contributed by atoms with E-state index in [1.165, 1.54) is 5.56 Å². The normalized spacial score (nSPS) is 10.3. The van der Waals surface area contributed by atoms with Gasteiger partial charge in [-0.15, -0.1) is 0 Å². The fraction of sp³-hybridized carbons (Fsp3) is 0.238. The molecule has 6 heteroatoms. The van der Waals surface area contributed by atoms with Crippen LogP contribution in [0.1, 0.15) is 11.4 Å². The lowest BCUT2D eigenvalue weighted by Crippen LogP contribution is -2.08. The summed E-state index contributed by atoms with van der Waals surface area (Å²) >= 11 is 0. The zero-order chi connectivity index (χ0) is 19.1. The fourth-order valence-electron chi connectivity index (χ4n) is 2.73. The van der Waals surface area contributed by atoms with E-state index in [1.807, 2.05) is 55.5 Å². The summed E-state index contributed by atoms with van der Waals surface area (Å²) in [5, 5.41) is 6.66. The van der Waals surface area contributed by atoms with Crippen LogP contribution in [0.5, 0.6) is 11.5 Å². The average Bonchev–Trinajstić information content (AvgIpc) is 2.68. The smallest absolute Gasteiger partial charge is 0.136 e. The number of hydrogen-bond donors (Lipinski definition) is 2. The summed E-state index contributed by atoms with van der Waals surface area (Å²) in [4.78, 5) is 8.92. The number of benzene rings is 2. The van der Waals surface area contributed by atoms with Crippen LogP contribution in [0.3, 0.4) is 0 Å². The zero-order valence-electron chi connectivity index (χ0n) is 15.8. The van der Waals surface area contributed by atoms with Gasteiger partial charge in [-0.3, -0.25) is 0 Å². The molecule has 0 saturated heterocycles. The van der Waals surface area contributed by atoms with E-state index >= 15 is 0 Å². The van der Waals surface area contributed by atoms with E-state index in [9.17, 15) is 0 Å². The van der Waals surface area contributed by atoms with Gasteiger partial charge in [-0.1, -0.05) is 18.2 Å². The molecule has 0 spiro atoms. The minimum atomic E-state index is 0.701. The summed E-state index contributed by atoms with van der Waals surface area (Å²) in [6, 6.07) is 17.7. The largest absolute Gasteiger partial charge is 0.497 e. The molecular formula is C21H24N4O2. The van der Waals surface area contributed by atoms with Crippen LogP contribution >= 0.6 is 0 Å². The standard InChI is InChI=1S/C21H24N4O2/c1-15-23-20(22-11-10-16-6-4-8-18(12-16)26-2)14-21(24-15)25-17-7-5-9-19(13-17)27-3/h4-9,12-14H,10-11H2,1-3H3,(H2,22,23,24,25). The Morgan fingerprint density at radius 1 is 0.852 bits per heavy atom. The first kappa shape index (κ1) is 18.5. The van der Waals surface area contributed by atoms with Gasteiger partial charge in [0.1, 0.15) is 29.0 Å². The van der Waals surface area contributed by atoms with E-state index in [-0.39, 0.29) is 0 Å². The van der Waals surface area contributed by atoms with Crippen LogP contribution in [-0.2, 0) is 6.42 Å². The first-order valence-electron chi connectivity index (χ1n) is 8.80. The minimum absolute atomic E-state index is 0.701. The second kappa shape index (κ2) is 8.89. The van der Waals surface area contributed by atoms with Gasteiger partial charge in [0.2, 0.25) is 0 Å². The van der Waals surface area contributed by atoms with Crippen LogP contribution < -0.4 is 20.1 Å². The predicted molar refractivity (Wildman–Crippen MR) is 108 cm³/mol. The number of methoxy groups -OCH3 is 2. The number of anilines is 3. The van der Waals surface area contributed by atoms with Crippen LogP contribution in [0.25, 0.3) is 0 Å². The highest BCUT2D eigenvalue weighted by molar-refractivity contribution is 5.60. The number of aromatic nitrogens is 2. The molecule has 0 atom stereocenters. The molecule has 2 aromatic carbocycles. The topological polar surface area (TPSA) is 68.3 Å². The molecule has 6 nitrogen and oxygen atoms in total. The molecular weight excluding hydrogens is 340 g/mol. The predicted octanol–water partition coefficient (Wildman–Crippen LogP) is 4.20. The lowest BCUT2D eigenvalue weighted by Gasteiger charge is -2.11. The van der Waals surface area contributed by atoms with Gasteiger partial charge in [-0.25, -0.2) is 9.97 Å². The van der Waals surface area contributed by atoms with Gasteiger partial charge in [0.25, 0.3) is 0 Å². The third-order valence-corrected chi connectivity index (χ3v) is 4.03. The molecule has 1 heterocycles. The quantitative estimate of drug-likeness (QED) is 0.624. The van der Waals surface area contributed by atoms with Crippen molar-refractivity contribution in [2.75, 3.05) is 31.4 Å². The van der Waals surface area contributed by atoms with Crippen LogP contribution in [-0.4, -0.2) is 30.7 Å². The molecule has 0 aliphatic heterocycles. The van der Waals surface area contributed by atoms with Gasteiger partial charge in [0.15, 0.2) is 0 Å². The maximum atomic E-state index is 5.27. The highest BCUT2D eigenvalue weighted by atomic mass is 16.5. The molecule has 2 N–H and O–H groups in total. The Hall–Kier alpha value is -3.28. The Labute approximate surface area is 159 Å². The maximum absolute atomic E-state index is 5.27. The molecule has 0 aliphatic rings. The van der Waals surface area contributed by atoms with Crippen LogP contribution in [0.15, 0.2) is 54.6 Å². The summed E-state index contributed by atoms with van der Waals surface area (Å²) in [7, 11) is 3.33. The van der Waals surface area contributed by atoms with E-state index in [0.717, 1.165) is 41.8 Å². The van der Waals surface area contributed by atoms with Crippen molar-refractivity contribution in [2.24, 2.45) is 0 Å². The van der Waals surface area contributed by atoms with Crippen molar-refractivity contribution >= 4 is 17.3 Å². The van der Waals surface area contributed by atoms with Crippen molar-refractivity contribution < 1.29 is 9.47 Å². The molecule has 27 heavy (non-hydrogen) atoms. The number of nitrogens with zero attached hydrogens (tertiary/aromatic N) is 2. The van der Waals surface area contributed by atoms with E-state index in [4.69, 9.17) is 9.47 Å². The first-order chi connectivity index (χ1) is 13.2. The van der Waals surface area contributed by atoms with E-state index in [2.05, 4.69) is 26.7 Å². The van der Waals surface area contributed by atoms with Crippen molar-refractivity contribution in [3.05, 3.63) is 66.0 Å². The number of hydrogen-bond acceptors (Lipinski definition) is 6. The van der Waals surface area contributed by atoms with Crippen molar-refractivity contribution in [3.8, 4) is 11.5 Å². The summed E-state index contributed by atoms with van der Waals surface area (Å²) in [6.07, 6.45) is 0.874. The molecule has 0 amide bonds. The molecule has 0 saturated carbocycles. The Balaban J connectivity index is 1.64. The lowest BCUT2D eigenvalue weighted by atomic mass is 10.1. The Morgan fingerprint density at radius 3 is 2.33 bits per heavy atom. The Morgan fingerprint density at radius 2 is 1.56 bits per heavy atom. The third kappa shape index (κ3) is 5.34. The van der Waals surface area contributed by atoms with Crippen molar-refractivity contribution in [1.82, 2.24) is 9.97 Å². The molecule has 0 radical (unpaired) electrons. The molecule has 0 fully saturated rings.